The number of Topliss-reactive ketones (excluding diaryl/α,β-unsaturated/α-hetero) is 1. The number of hydrogen-bond donors (Lipinski definition) is 5. The first-order chi connectivity index (χ1) is 27.5. The summed E-state index contributed by atoms with van der Waals surface area (Å²) in [7, 11) is 0. The second-order valence-electron chi connectivity index (χ2n) is 17.3. The van der Waals surface area contributed by atoms with E-state index in [2.05, 4.69) is 25.7 Å². The molecular formula is C48H97N3O7. The van der Waals surface area contributed by atoms with Crippen LogP contribution in [-0.2, 0) is 14.4 Å². The molecule has 1 fully saturated rings. The van der Waals surface area contributed by atoms with Crippen LogP contribution in [0.25, 0.3) is 0 Å². The number of rotatable bonds is 39. The van der Waals surface area contributed by atoms with Gasteiger partial charge < -0.3 is 26.2 Å². The predicted octanol–water partition coefficient (Wildman–Crippen LogP) is 10.4. The Kier molecular flexibility index (Phi) is 41.2. The van der Waals surface area contributed by atoms with Crippen LogP contribution in [-0.4, -0.2) is 104 Å². The highest BCUT2D eigenvalue weighted by Gasteiger charge is 2.30. The summed E-state index contributed by atoms with van der Waals surface area (Å²) in [4.78, 5) is 38.6. The number of ketones is 1. The lowest BCUT2D eigenvalue weighted by molar-refractivity contribution is -0.145. The van der Waals surface area contributed by atoms with Gasteiger partial charge >= 0.3 is 5.97 Å². The number of carboxylic acids is 1. The number of β-amino-alcohol motifs (C(OH)–C–C–N with tert-alkyl or cyclic N) is 1. The summed E-state index contributed by atoms with van der Waals surface area (Å²) in [6, 6.07) is -0.878. The highest BCUT2D eigenvalue weighted by atomic mass is 16.4. The third-order valence-electron chi connectivity index (χ3n) is 11.7. The van der Waals surface area contributed by atoms with Crippen molar-refractivity contribution in [1.82, 2.24) is 9.80 Å². The normalized spacial score (nSPS) is 16.3. The third kappa shape index (κ3) is 34.2. The van der Waals surface area contributed by atoms with Crippen molar-refractivity contribution in [1.29, 1.82) is 0 Å². The van der Waals surface area contributed by atoms with Gasteiger partial charge in [0.15, 0.2) is 0 Å². The zero-order valence-corrected chi connectivity index (χ0v) is 37.6. The number of likely N-dealkylation sites (tertiary alicyclic amines) is 1. The fourth-order valence-corrected chi connectivity index (χ4v) is 8.20. The lowest BCUT2D eigenvalue weighted by atomic mass is 10.0. The van der Waals surface area contributed by atoms with Gasteiger partial charge in [-0.05, 0) is 52.0 Å². The maximum absolute atomic E-state index is 12.0. The monoisotopic (exact) mass is 828 g/mol. The van der Waals surface area contributed by atoms with Gasteiger partial charge in [0, 0.05) is 26.1 Å². The van der Waals surface area contributed by atoms with E-state index >= 15 is 0 Å². The van der Waals surface area contributed by atoms with Crippen LogP contribution in [0.5, 0.6) is 0 Å². The molecule has 0 aliphatic carbocycles. The SMILES string of the molecule is C.CCCCCCCCCCC(O)CN(CC(O)CCCCCCCCCC)C(CCC(N)=O)C(=O)O.CCCCCCCCCCC(O)CN1CCCC1C(C)=O. The minimum Gasteiger partial charge on any atom is -0.480 e. The number of aliphatic carboxylic acids is 1. The lowest BCUT2D eigenvalue weighted by Crippen LogP contribution is -2.48. The van der Waals surface area contributed by atoms with Crippen LogP contribution in [0.3, 0.4) is 0 Å². The van der Waals surface area contributed by atoms with Crippen LogP contribution in [0.1, 0.15) is 234 Å². The summed E-state index contributed by atoms with van der Waals surface area (Å²) in [5.74, 6) is -1.33. The summed E-state index contributed by atoms with van der Waals surface area (Å²) in [5.41, 5.74) is 5.26. The molecule has 1 aliphatic heterocycles. The van der Waals surface area contributed by atoms with E-state index in [1.54, 1.807) is 11.8 Å². The van der Waals surface area contributed by atoms with Gasteiger partial charge in [-0.2, -0.15) is 0 Å². The molecule has 0 aromatic carbocycles. The average Bonchev–Trinajstić information content (AvgIpc) is 3.63. The van der Waals surface area contributed by atoms with E-state index in [-0.39, 0.29) is 51.3 Å². The molecule has 5 unspecified atom stereocenters. The van der Waals surface area contributed by atoms with Crippen LogP contribution in [0.15, 0.2) is 0 Å². The van der Waals surface area contributed by atoms with Crippen LogP contribution >= 0.6 is 0 Å². The zero-order chi connectivity index (χ0) is 42.5. The molecule has 1 rings (SSSR count). The smallest absolute Gasteiger partial charge is 0.320 e. The maximum Gasteiger partial charge on any atom is 0.320 e. The summed E-state index contributed by atoms with van der Waals surface area (Å²) in [6.07, 6.45) is 32.0. The lowest BCUT2D eigenvalue weighted by Gasteiger charge is -2.32. The molecular weight excluding hydrogens is 731 g/mol. The van der Waals surface area contributed by atoms with Gasteiger partial charge in [-0.25, -0.2) is 0 Å². The van der Waals surface area contributed by atoms with Crippen molar-refractivity contribution in [2.75, 3.05) is 26.2 Å². The van der Waals surface area contributed by atoms with Gasteiger partial charge in [0.1, 0.15) is 11.8 Å². The first-order valence-electron chi connectivity index (χ1n) is 24.0. The molecule has 1 aliphatic rings. The molecule has 6 N–H and O–H groups in total. The topological polar surface area (TPSA) is 165 Å². The molecule has 5 atom stereocenters. The van der Waals surface area contributed by atoms with E-state index in [9.17, 15) is 34.8 Å². The summed E-state index contributed by atoms with van der Waals surface area (Å²) in [5, 5.41) is 41.2. The fraction of sp³-hybridized carbons (Fsp3) is 0.938. The second-order valence-corrected chi connectivity index (χ2v) is 17.3. The Morgan fingerprint density at radius 3 is 1.31 bits per heavy atom. The van der Waals surface area contributed by atoms with Gasteiger partial charge in [-0.1, -0.05) is 182 Å². The van der Waals surface area contributed by atoms with Crippen molar-refractivity contribution in [3.63, 3.8) is 0 Å². The zero-order valence-electron chi connectivity index (χ0n) is 37.6. The molecule has 0 spiro atoms. The van der Waals surface area contributed by atoms with Crippen molar-refractivity contribution < 1.29 is 34.8 Å². The second kappa shape index (κ2) is 40.8. The molecule has 346 valence electrons. The Morgan fingerprint density at radius 2 is 0.966 bits per heavy atom. The standard InChI is InChI=1S/C29H58N2O5.C18H35NO2.CH4/c1-3-5-7-9-11-13-15-17-19-25(32)23-31(27(29(35)36)21-22-28(30)34)24-26(33)20-18-16-14-12-10-8-6-4-2;1-3-4-5-6-7-8-9-10-12-17(21)15-19-14-11-13-18(19)16(2)20;/h25-27,32-33H,3-24H2,1-2H3,(H2,30,34)(H,35,36);17-18,21H,3-15H2,1-2H3;1H4. The van der Waals surface area contributed by atoms with Crippen molar-refractivity contribution >= 4 is 17.7 Å². The highest BCUT2D eigenvalue weighted by Crippen LogP contribution is 2.20. The van der Waals surface area contributed by atoms with E-state index in [0.717, 1.165) is 70.8 Å². The van der Waals surface area contributed by atoms with Crippen LogP contribution in [0.4, 0.5) is 0 Å². The van der Waals surface area contributed by atoms with Gasteiger partial charge in [0.05, 0.1) is 24.4 Å². The fourth-order valence-electron chi connectivity index (χ4n) is 8.20. The minimum atomic E-state index is -1.05. The molecule has 0 aromatic rings. The summed E-state index contributed by atoms with van der Waals surface area (Å²) < 4.78 is 0. The van der Waals surface area contributed by atoms with Crippen molar-refractivity contribution in [3.05, 3.63) is 0 Å². The Morgan fingerprint density at radius 1 is 0.603 bits per heavy atom. The average molecular weight is 828 g/mol. The minimum absolute atomic E-state index is 0. The van der Waals surface area contributed by atoms with Gasteiger partial charge in [0.25, 0.3) is 0 Å². The Labute approximate surface area is 357 Å². The molecule has 0 saturated carbocycles. The molecule has 0 radical (unpaired) electrons. The highest BCUT2D eigenvalue weighted by molar-refractivity contribution is 5.81. The molecule has 10 nitrogen and oxygen atoms in total. The van der Waals surface area contributed by atoms with Gasteiger partial charge in [-0.15, -0.1) is 0 Å². The molecule has 1 saturated heterocycles. The first-order valence-corrected chi connectivity index (χ1v) is 24.0. The van der Waals surface area contributed by atoms with E-state index < -0.39 is 30.1 Å². The van der Waals surface area contributed by atoms with Crippen LogP contribution in [0.2, 0.25) is 0 Å². The molecule has 10 heteroatoms. The summed E-state index contributed by atoms with van der Waals surface area (Å²) in [6.45, 7) is 10.4. The van der Waals surface area contributed by atoms with Crippen molar-refractivity contribution in [2.45, 2.75) is 265 Å². The number of aliphatic hydroxyl groups is 3. The van der Waals surface area contributed by atoms with Gasteiger partial charge in [0.2, 0.25) is 5.91 Å². The van der Waals surface area contributed by atoms with Crippen molar-refractivity contribution in [2.24, 2.45) is 5.73 Å². The number of nitrogens with zero attached hydrogens (tertiary/aromatic N) is 2. The largest absolute Gasteiger partial charge is 0.480 e. The molecule has 0 aromatic heterocycles. The molecule has 0 bridgehead atoms. The number of carboxylic acid groups (broad SMARTS) is 1. The molecule has 58 heavy (non-hydrogen) atoms. The van der Waals surface area contributed by atoms with E-state index in [1.165, 1.54) is 109 Å². The quantitative estimate of drug-likeness (QED) is 0.0379. The Bertz CT molecular complexity index is 926. The van der Waals surface area contributed by atoms with Crippen molar-refractivity contribution in [3.8, 4) is 0 Å². The molecule has 1 amide bonds. The summed E-state index contributed by atoms with van der Waals surface area (Å²) >= 11 is 0. The number of unbranched alkanes of at least 4 members (excludes halogenated alkanes) is 21. The Hall–Kier alpha value is -1.59. The van der Waals surface area contributed by atoms with E-state index in [1.807, 2.05) is 0 Å². The van der Waals surface area contributed by atoms with E-state index in [4.69, 9.17) is 5.73 Å². The number of carbonyl (C=O) groups excluding carboxylic acids is 2. The molecule has 1 heterocycles. The number of carbonyl (C=O) groups is 3. The number of amides is 1. The van der Waals surface area contributed by atoms with Crippen LogP contribution < -0.4 is 5.73 Å². The Balaban J connectivity index is 0. The van der Waals surface area contributed by atoms with E-state index in [0.29, 0.717) is 19.4 Å². The number of aliphatic hydroxyl groups excluding tert-OH is 3. The van der Waals surface area contributed by atoms with Gasteiger partial charge in [-0.3, -0.25) is 24.2 Å². The number of nitrogens with two attached hydrogens (primary N) is 1. The predicted molar refractivity (Wildman–Crippen MR) is 243 cm³/mol. The first kappa shape index (κ1) is 58.5. The number of primary amides is 1. The third-order valence-corrected chi connectivity index (χ3v) is 11.7. The number of hydrogen-bond acceptors (Lipinski definition) is 8. The maximum atomic E-state index is 12.0. The van der Waals surface area contributed by atoms with Crippen LogP contribution in [0, 0.1) is 0 Å².